The Bertz CT molecular complexity index is 853. The van der Waals surface area contributed by atoms with E-state index < -0.39 is 11.3 Å². The smallest absolute Gasteiger partial charge is 0.225 e. The summed E-state index contributed by atoms with van der Waals surface area (Å²) >= 11 is 0. The molecule has 2 atom stereocenters. The second-order valence-corrected chi connectivity index (χ2v) is 8.65. The highest BCUT2D eigenvalue weighted by atomic mass is 16.6. The normalized spacial score (nSPS) is 29.2. The van der Waals surface area contributed by atoms with Crippen molar-refractivity contribution in [1.29, 1.82) is 0 Å². The molecule has 1 N–H and O–H groups in total. The van der Waals surface area contributed by atoms with Crippen LogP contribution in [0.25, 0.3) is 0 Å². The lowest BCUT2D eigenvalue weighted by molar-refractivity contribution is -0.146. The Balaban J connectivity index is 1.68. The van der Waals surface area contributed by atoms with Crippen molar-refractivity contribution in [2.24, 2.45) is 0 Å². The van der Waals surface area contributed by atoms with Crippen molar-refractivity contribution < 1.29 is 9.47 Å². The Labute approximate surface area is 149 Å². The lowest BCUT2D eigenvalue weighted by atomic mass is 9.74. The molecule has 25 heavy (non-hydrogen) atoms. The van der Waals surface area contributed by atoms with Crippen LogP contribution in [0.4, 0.5) is 5.69 Å². The molecule has 3 nitrogen and oxygen atoms in total. The van der Waals surface area contributed by atoms with Gasteiger partial charge in [-0.15, -0.1) is 0 Å². The number of rotatable bonds is 0. The van der Waals surface area contributed by atoms with Crippen LogP contribution in [0.2, 0.25) is 0 Å². The molecule has 0 amide bonds. The Morgan fingerprint density at radius 3 is 2.56 bits per heavy atom. The molecule has 2 aromatic carbocycles. The lowest BCUT2D eigenvalue weighted by Crippen LogP contribution is -2.63. The van der Waals surface area contributed by atoms with Crippen LogP contribution in [0.5, 0.6) is 11.5 Å². The average molecular weight is 335 g/mol. The van der Waals surface area contributed by atoms with Gasteiger partial charge in [0.25, 0.3) is 0 Å². The van der Waals surface area contributed by atoms with E-state index in [2.05, 4.69) is 68.6 Å². The molecular weight excluding hydrogens is 310 g/mol. The van der Waals surface area contributed by atoms with Crippen molar-refractivity contribution >= 4 is 5.69 Å². The van der Waals surface area contributed by atoms with E-state index in [0.717, 1.165) is 42.9 Å². The second kappa shape index (κ2) is 4.72. The predicted molar refractivity (Wildman–Crippen MR) is 99.3 cm³/mol. The third-order valence-electron chi connectivity index (χ3n) is 6.04. The minimum Gasteiger partial charge on any atom is -0.472 e. The van der Waals surface area contributed by atoms with Gasteiger partial charge in [-0.3, -0.25) is 0 Å². The number of hydrogen-bond acceptors (Lipinski definition) is 3. The van der Waals surface area contributed by atoms with Gasteiger partial charge in [0.2, 0.25) is 5.72 Å². The molecule has 3 aliphatic rings. The van der Waals surface area contributed by atoms with Crippen molar-refractivity contribution in [3.8, 4) is 11.5 Å². The summed E-state index contributed by atoms with van der Waals surface area (Å²) in [5, 5.41) is 3.69. The van der Waals surface area contributed by atoms with Gasteiger partial charge in [0.05, 0.1) is 0 Å². The van der Waals surface area contributed by atoms with Crippen LogP contribution in [0, 0.1) is 0 Å². The topological polar surface area (TPSA) is 30.5 Å². The van der Waals surface area contributed by atoms with E-state index >= 15 is 0 Å². The molecular formula is C22H25NO2. The molecule has 2 heterocycles. The Morgan fingerprint density at radius 2 is 1.72 bits per heavy atom. The summed E-state index contributed by atoms with van der Waals surface area (Å²) in [6.45, 7) is 6.68. The van der Waals surface area contributed by atoms with Gasteiger partial charge in [0, 0.05) is 17.7 Å². The Kier molecular flexibility index (Phi) is 2.85. The number of anilines is 1. The number of ether oxygens (including phenoxy) is 2. The van der Waals surface area contributed by atoms with Gasteiger partial charge in [-0.2, -0.15) is 0 Å². The Hall–Kier alpha value is -2.16. The van der Waals surface area contributed by atoms with Crippen LogP contribution in [-0.2, 0) is 11.0 Å². The fourth-order valence-electron chi connectivity index (χ4n) is 4.69. The first-order valence-corrected chi connectivity index (χ1v) is 9.34. The fourth-order valence-corrected chi connectivity index (χ4v) is 4.69. The molecule has 0 unspecified atom stereocenters. The molecule has 0 spiro atoms. The van der Waals surface area contributed by atoms with Gasteiger partial charge in [-0.1, -0.05) is 45.0 Å². The van der Waals surface area contributed by atoms with Crippen LogP contribution in [-0.4, -0.2) is 5.72 Å². The molecule has 0 radical (unpaired) electrons. The summed E-state index contributed by atoms with van der Waals surface area (Å²) < 4.78 is 13.5. The van der Waals surface area contributed by atoms with E-state index in [-0.39, 0.29) is 5.41 Å². The fraction of sp³-hybridized carbons (Fsp3) is 0.455. The van der Waals surface area contributed by atoms with Crippen LogP contribution >= 0.6 is 0 Å². The van der Waals surface area contributed by atoms with Crippen LogP contribution in [0.1, 0.15) is 57.6 Å². The van der Waals surface area contributed by atoms with E-state index in [1.165, 1.54) is 11.1 Å². The lowest BCUT2D eigenvalue weighted by Gasteiger charge is -2.51. The van der Waals surface area contributed by atoms with E-state index in [0.29, 0.717) is 0 Å². The van der Waals surface area contributed by atoms with Crippen molar-refractivity contribution in [3.05, 3.63) is 53.6 Å². The van der Waals surface area contributed by atoms with Crippen molar-refractivity contribution in [3.63, 3.8) is 0 Å². The van der Waals surface area contributed by atoms with Crippen molar-refractivity contribution in [2.45, 2.75) is 63.2 Å². The first kappa shape index (κ1) is 15.1. The highest BCUT2D eigenvalue weighted by Crippen LogP contribution is 2.60. The predicted octanol–water partition coefficient (Wildman–Crippen LogP) is 5.35. The summed E-state index contributed by atoms with van der Waals surface area (Å²) in [5.74, 6) is 1.73. The monoisotopic (exact) mass is 335 g/mol. The number of para-hydroxylation sites is 1. The summed E-state index contributed by atoms with van der Waals surface area (Å²) in [6, 6.07) is 14.9. The number of fused-ring (bicyclic) bond motifs is 2. The molecule has 1 fully saturated rings. The highest BCUT2D eigenvalue weighted by molar-refractivity contribution is 5.65. The number of hydrogen-bond donors (Lipinski definition) is 1. The maximum absolute atomic E-state index is 6.74. The van der Waals surface area contributed by atoms with E-state index in [1.54, 1.807) is 0 Å². The number of nitrogens with one attached hydrogen (secondary N) is 1. The number of benzene rings is 2. The third-order valence-corrected chi connectivity index (χ3v) is 6.04. The minimum atomic E-state index is -0.488. The largest absolute Gasteiger partial charge is 0.472 e. The van der Waals surface area contributed by atoms with Gasteiger partial charge >= 0.3 is 0 Å². The average Bonchev–Trinajstić information content (AvgIpc) is 2.88. The molecule has 1 aliphatic carbocycles. The third kappa shape index (κ3) is 1.92. The molecule has 2 aliphatic heterocycles. The summed E-state index contributed by atoms with van der Waals surface area (Å²) in [4.78, 5) is 0. The second-order valence-electron chi connectivity index (χ2n) is 8.65. The summed E-state index contributed by atoms with van der Waals surface area (Å²) in [6.07, 6.45) is 4.26. The molecule has 0 bridgehead atoms. The molecule has 1 saturated carbocycles. The zero-order valence-electron chi connectivity index (χ0n) is 15.2. The highest BCUT2D eigenvalue weighted by Gasteiger charge is 2.65. The molecule has 0 saturated heterocycles. The zero-order chi connectivity index (χ0) is 17.3. The quantitative estimate of drug-likeness (QED) is 0.704. The maximum atomic E-state index is 6.74. The van der Waals surface area contributed by atoms with Gasteiger partial charge in [0.15, 0.2) is 17.1 Å². The van der Waals surface area contributed by atoms with Crippen LogP contribution in [0.15, 0.2) is 42.5 Å². The minimum absolute atomic E-state index is 0.0865. The molecule has 0 aromatic heterocycles. The SMILES string of the molecule is CC(C)(C)c1ccc2c(c1)O[C@@]13CCCC[C@]1(O2)c1ccccc1N3. The summed E-state index contributed by atoms with van der Waals surface area (Å²) in [7, 11) is 0. The summed E-state index contributed by atoms with van der Waals surface area (Å²) in [5.41, 5.74) is 2.83. The van der Waals surface area contributed by atoms with Gasteiger partial charge in [0.1, 0.15) is 0 Å². The van der Waals surface area contributed by atoms with E-state index in [1.807, 2.05) is 0 Å². The van der Waals surface area contributed by atoms with E-state index in [4.69, 9.17) is 9.47 Å². The van der Waals surface area contributed by atoms with Gasteiger partial charge < -0.3 is 14.8 Å². The zero-order valence-corrected chi connectivity index (χ0v) is 15.2. The van der Waals surface area contributed by atoms with Gasteiger partial charge in [-0.05, 0) is 48.4 Å². The molecule has 5 rings (SSSR count). The van der Waals surface area contributed by atoms with E-state index in [9.17, 15) is 0 Å². The van der Waals surface area contributed by atoms with Crippen LogP contribution < -0.4 is 14.8 Å². The maximum Gasteiger partial charge on any atom is 0.225 e. The van der Waals surface area contributed by atoms with Gasteiger partial charge in [-0.25, -0.2) is 0 Å². The van der Waals surface area contributed by atoms with Crippen molar-refractivity contribution in [1.82, 2.24) is 0 Å². The first-order valence-electron chi connectivity index (χ1n) is 9.34. The molecule has 3 heteroatoms. The molecule has 130 valence electrons. The van der Waals surface area contributed by atoms with Crippen LogP contribution in [0.3, 0.4) is 0 Å². The van der Waals surface area contributed by atoms with Crippen molar-refractivity contribution in [2.75, 3.05) is 5.32 Å². The standard InChI is InChI=1S/C22H25NO2/c1-20(2,3)15-10-11-18-19(14-15)25-22-13-7-6-12-21(22,24-18)16-8-4-5-9-17(16)23-22/h4-5,8-11,14,23H,6-7,12-13H2,1-3H3/t21-,22-/m0/s1. The Morgan fingerprint density at radius 1 is 0.920 bits per heavy atom. The molecule has 2 aromatic rings. The first-order chi connectivity index (χ1) is 11.9.